The maximum atomic E-state index is 12.5. The van der Waals surface area contributed by atoms with Crippen molar-refractivity contribution in [2.24, 2.45) is 11.3 Å². The highest BCUT2D eigenvalue weighted by Crippen LogP contribution is 2.65. The number of phenols is 1. The SMILES string of the molecule is CCOC(=O)C1C[C@@]2(C)C3Cc4ccc(O)cc4[C@@]2(C)CC1N3C. The minimum Gasteiger partial charge on any atom is -0.508 e. The monoisotopic (exact) mass is 329 g/mol. The van der Waals surface area contributed by atoms with Crippen LogP contribution < -0.4 is 0 Å². The van der Waals surface area contributed by atoms with Crippen LogP contribution in [0.2, 0.25) is 0 Å². The predicted molar refractivity (Wildman–Crippen MR) is 92.0 cm³/mol. The van der Waals surface area contributed by atoms with E-state index in [1.54, 1.807) is 6.07 Å². The topological polar surface area (TPSA) is 49.8 Å². The summed E-state index contributed by atoms with van der Waals surface area (Å²) >= 11 is 0. The molecule has 2 saturated heterocycles. The molecule has 0 radical (unpaired) electrons. The fraction of sp³-hybridized carbons (Fsp3) is 0.650. The van der Waals surface area contributed by atoms with Crippen molar-refractivity contribution in [3.63, 3.8) is 0 Å². The molecule has 5 rings (SSSR count). The van der Waals surface area contributed by atoms with Crippen LogP contribution in [0, 0.1) is 11.3 Å². The molecule has 0 aromatic heterocycles. The zero-order valence-electron chi connectivity index (χ0n) is 15.0. The van der Waals surface area contributed by atoms with Crippen LogP contribution in [0.3, 0.4) is 0 Å². The minimum absolute atomic E-state index is 0.00865. The number of piperidine rings is 2. The lowest BCUT2D eigenvalue weighted by molar-refractivity contribution is -0.180. The molecular formula is C20H27NO3. The number of aromatic hydroxyl groups is 1. The van der Waals surface area contributed by atoms with Crippen molar-refractivity contribution >= 4 is 5.97 Å². The van der Waals surface area contributed by atoms with Gasteiger partial charge < -0.3 is 9.84 Å². The third-order valence-corrected chi connectivity index (χ3v) is 7.43. The van der Waals surface area contributed by atoms with E-state index in [4.69, 9.17) is 4.74 Å². The number of rotatable bonds is 2. The summed E-state index contributed by atoms with van der Waals surface area (Å²) in [6.07, 6.45) is 2.80. The molecular weight excluding hydrogens is 302 g/mol. The summed E-state index contributed by atoms with van der Waals surface area (Å²) < 4.78 is 5.37. The van der Waals surface area contributed by atoms with Crippen molar-refractivity contribution in [2.75, 3.05) is 13.7 Å². The quantitative estimate of drug-likeness (QED) is 0.848. The highest BCUT2D eigenvalue weighted by Gasteiger charge is 2.66. The summed E-state index contributed by atoms with van der Waals surface area (Å²) in [5, 5.41) is 10.0. The summed E-state index contributed by atoms with van der Waals surface area (Å²) in [7, 11) is 2.17. The average Bonchev–Trinajstić information content (AvgIpc) is 2.53. The summed E-state index contributed by atoms with van der Waals surface area (Å²) in [6, 6.07) is 6.48. The lowest BCUT2D eigenvalue weighted by Crippen LogP contribution is -2.73. The Morgan fingerprint density at radius 2 is 2.12 bits per heavy atom. The lowest BCUT2D eigenvalue weighted by atomic mass is 9.42. The van der Waals surface area contributed by atoms with Crippen LogP contribution in [0.1, 0.15) is 44.7 Å². The zero-order valence-corrected chi connectivity index (χ0v) is 15.0. The molecule has 3 unspecified atom stereocenters. The number of carbonyl (C=O) groups is 1. The van der Waals surface area contributed by atoms with E-state index in [0.717, 1.165) is 19.3 Å². The van der Waals surface area contributed by atoms with Crippen LogP contribution in [-0.2, 0) is 21.4 Å². The highest BCUT2D eigenvalue weighted by molar-refractivity contribution is 5.74. The second-order valence-corrected chi connectivity index (χ2v) is 8.31. The second-order valence-electron chi connectivity index (χ2n) is 8.31. The van der Waals surface area contributed by atoms with Gasteiger partial charge in [0, 0.05) is 17.5 Å². The molecule has 24 heavy (non-hydrogen) atoms. The van der Waals surface area contributed by atoms with Crippen LogP contribution >= 0.6 is 0 Å². The second kappa shape index (κ2) is 4.98. The van der Waals surface area contributed by atoms with Gasteiger partial charge in [-0.3, -0.25) is 9.69 Å². The average molecular weight is 329 g/mol. The molecule has 1 N–H and O–H groups in total. The summed E-state index contributed by atoms with van der Waals surface area (Å²) in [6.45, 7) is 6.99. The van der Waals surface area contributed by atoms with Crippen molar-refractivity contribution in [3.8, 4) is 5.75 Å². The number of hydrogen-bond donors (Lipinski definition) is 1. The molecule has 4 nitrogen and oxygen atoms in total. The van der Waals surface area contributed by atoms with Gasteiger partial charge in [0.1, 0.15) is 5.75 Å². The van der Waals surface area contributed by atoms with Crippen molar-refractivity contribution in [1.82, 2.24) is 4.90 Å². The number of esters is 1. The molecule has 3 fully saturated rings. The molecule has 0 amide bonds. The first-order valence-electron chi connectivity index (χ1n) is 9.03. The van der Waals surface area contributed by atoms with E-state index >= 15 is 0 Å². The maximum absolute atomic E-state index is 12.5. The van der Waals surface area contributed by atoms with Gasteiger partial charge in [0.15, 0.2) is 0 Å². The van der Waals surface area contributed by atoms with Crippen LogP contribution in [0.15, 0.2) is 18.2 Å². The fourth-order valence-electron chi connectivity index (χ4n) is 5.96. The predicted octanol–water partition coefficient (Wildman–Crippen LogP) is 2.87. The molecule has 4 aliphatic rings. The molecule has 4 bridgehead atoms. The molecule has 4 heteroatoms. The van der Waals surface area contributed by atoms with Gasteiger partial charge in [0.25, 0.3) is 0 Å². The normalized spacial score (nSPS) is 40.2. The molecule has 5 atom stereocenters. The molecule has 1 saturated carbocycles. The summed E-state index contributed by atoms with van der Waals surface area (Å²) in [4.78, 5) is 14.9. The van der Waals surface area contributed by atoms with Gasteiger partial charge in [0.05, 0.1) is 12.5 Å². The third-order valence-electron chi connectivity index (χ3n) is 7.43. The Hall–Kier alpha value is -1.55. The van der Waals surface area contributed by atoms with Crippen LogP contribution in [0.5, 0.6) is 5.75 Å². The van der Waals surface area contributed by atoms with Crippen LogP contribution in [0.4, 0.5) is 0 Å². The van der Waals surface area contributed by atoms with Crippen molar-refractivity contribution < 1.29 is 14.6 Å². The Bertz CT molecular complexity index is 702. The molecule has 1 aromatic rings. The Kier molecular flexibility index (Phi) is 3.31. The van der Waals surface area contributed by atoms with Crippen LogP contribution in [0.25, 0.3) is 0 Å². The Labute approximate surface area is 143 Å². The third kappa shape index (κ3) is 1.81. The number of ether oxygens (including phenoxy) is 1. The first-order chi connectivity index (χ1) is 11.3. The molecule has 1 aromatic carbocycles. The highest BCUT2D eigenvalue weighted by atomic mass is 16.5. The standard InChI is InChI=1S/C20H27NO3/c1-5-24-18(23)14-10-20(3)17-8-12-6-7-13(22)9-15(12)19(20,2)11-16(14)21(17)4/h6-7,9,14,16-17,22H,5,8,10-11H2,1-4H3/t14?,16?,17?,19-,20+/m1/s1. The number of nitrogens with zero attached hydrogens (tertiary/aromatic N) is 1. The fourth-order valence-corrected chi connectivity index (χ4v) is 5.96. The number of hydrogen-bond acceptors (Lipinski definition) is 4. The molecule has 2 aliphatic heterocycles. The van der Waals surface area contributed by atoms with Gasteiger partial charge in [0.2, 0.25) is 0 Å². The summed E-state index contributed by atoms with van der Waals surface area (Å²) in [5.41, 5.74) is 2.62. The molecule has 2 aliphatic carbocycles. The Morgan fingerprint density at radius 3 is 2.83 bits per heavy atom. The lowest BCUT2D eigenvalue weighted by Gasteiger charge is -2.69. The minimum atomic E-state index is -0.0437. The van der Waals surface area contributed by atoms with Gasteiger partial charge in [-0.1, -0.05) is 19.9 Å². The zero-order chi connectivity index (χ0) is 17.3. The van der Waals surface area contributed by atoms with Crippen LogP contribution in [-0.4, -0.2) is 41.7 Å². The summed E-state index contributed by atoms with van der Waals surface area (Å²) in [5.74, 6) is 0.259. The van der Waals surface area contributed by atoms with E-state index in [1.165, 1.54) is 11.1 Å². The molecule has 130 valence electrons. The van der Waals surface area contributed by atoms with Gasteiger partial charge in [-0.15, -0.1) is 0 Å². The molecule has 0 spiro atoms. The Morgan fingerprint density at radius 1 is 1.38 bits per heavy atom. The number of likely N-dealkylation sites (N-methyl/N-ethyl adjacent to an activating group) is 1. The van der Waals surface area contributed by atoms with E-state index in [9.17, 15) is 9.90 Å². The number of benzene rings is 1. The first kappa shape index (κ1) is 15.9. The largest absolute Gasteiger partial charge is 0.508 e. The van der Waals surface area contributed by atoms with Crippen molar-refractivity contribution in [1.29, 1.82) is 0 Å². The van der Waals surface area contributed by atoms with E-state index in [0.29, 0.717) is 18.4 Å². The van der Waals surface area contributed by atoms with Gasteiger partial charge in [-0.05, 0) is 61.9 Å². The van der Waals surface area contributed by atoms with Gasteiger partial charge >= 0.3 is 5.97 Å². The number of carbonyl (C=O) groups excluding carboxylic acids is 1. The van der Waals surface area contributed by atoms with Crippen molar-refractivity contribution in [3.05, 3.63) is 29.3 Å². The number of phenolic OH excluding ortho intramolecular Hbond substituents is 1. The number of fused-ring (bicyclic) bond motifs is 2. The first-order valence-corrected chi connectivity index (χ1v) is 9.03. The van der Waals surface area contributed by atoms with Gasteiger partial charge in [-0.2, -0.15) is 0 Å². The van der Waals surface area contributed by atoms with E-state index in [1.807, 2.05) is 13.0 Å². The van der Waals surface area contributed by atoms with E-state index < -0.39 is 0 Å². The maximum Gasteiger partial charge on any atom is 0.310 e. The van der Waals surface area contributed by atoms with Crippen molar-refractivity contribution in [2.45, 2.75) is 57.5 Å². The van der Waals surface area contributed by atoms with E-state index in [2.05, 4.69) is 31.9 Å². The van der Waals surface area contributed by atoms with E-state index in [-0.39, 0.29) is 28.8 Å². The molecule has 2 heterocycles. The van der Waals surface area contributed by atoms with Gasteiger partial charge in [-0.25, -0.2) is 0 Å². The Balaban J connectivity index is 1.81. The smallest absolute Gasteiger partial charge is 0.310 e.